The van der Waals surface area contributed by atoms with Crippen LogP contribution in [0.4, 0.5) is 0 Å². The molecule has 1 heterocycles. The van der Waals surface area contributed by atoms with E-state index >= 15 is 0 Å². The number of hydrogen-bond acceptors (Lipinski definition) is 3. The van der Waals surface area contributed by atoms with Crippen molar-refractivity contribution in [3.8, 4) is 0 Å². The van der Waals surface area contributed by atoms with Gasteiger partial charge in [0, 0.05) is 6.42 Å². The fraction of sp³-hybridized carbons (Fsp3) is 0.467. The molecule has 1 aromatic carbocycles. The largest absolute Gasteiger partial charge is 0.481 e. The van der Waals surface area contributed by atoms with Crippen molar-refractivity contribution >= 4 is 27.5 Å². The number of nitrogens with zero attached hydrogens (tertiary/aromatic N) is 1. The second kappa shape index (κ2) is 4.60. The van der Waals surface area contributed by atoms with Crippen LogP contribution in [0.3, 0.4) is 0 Å². The van der Waals surface area contributed by atoms with Gasteiger partial charge in [-0.2, -0.15) is 0 Å². The Hall–Kier alpha value is -1.42. The number of benzene rings is 1. The van der Waals surface area contributed by atoms with Gasteiger partial charge in [0.2, 0.25) is 0 Å². The van der Waals surface area contributed by atoms with Gasteiger partial charge in [-0.25, -0.2) is 4.98 Å². The average molecular weight is 275 g/mol. The van der Waals surface area contributed by atoms with Gasteiger partial charge in [-0.05, 0) is 37.5 Å². The molecule has 2 aromatic rings. The first-order valence-electron chi connectivity index (χ1n) is 6.69. The van der Waals surface area contributed by atoms with Crippen LogP contribution in [0.15, 0.2) is 18.2 Å². The Balaban J connectivity index is 1.94. The highest BCUT2D eigenvalue weighted by Gasteiger charge is 2.42. The van der Waals surface area contributed by atoms with Gasteiger partial charge in [0.1, 0.15) is 0 Å². The molecule has 4 heteroatoms. The van der Waals surface area contributed by atoms with E-state index in [1.165, 1.54) is 5.56 Å². The lowest BCUT2D eigenvalue weighted by Gasteiger charge is -2.21. The van der Waals surface area contributed by atoms with Crippen molar-refractivity contribution < 1.29 is 9.90 Å². The summed E-state index contributed by atoms with van der Waals surface area (Å²) in [5.74, 6) is -0.652. The third-order valence-corrected chi connectivity index (χ3v) is 5.13. The molecular formula is C15H17NO2S. The Morgan fingerprint density at radius 3 is 2.84 bits per heavy atom. The van der Waals surface area contributed by atoms with Crippen molar-refractivity contribution in [1.29, 1.82) is 0 Å². The van der Waals surface area contributed by atoms with Crippen molar-refractivity contribution in [1.82, 2.24) is 4.98 Å². The third-order valence-electron chi connectivity index (χ3n) is 4.09. The number of fused-ring (bicyclic) bond motifs is 1. The van der Waals surface area contributed by atoms with Crippen LogP contribution in [0.1, 0.15) is 36.3 Å². The third kappa shape index (κ3) is 2.25. The van der Waals surface area contributed by atoms with Crippen LogP contribution in [0.25, 0.3) is 10.2 Å². The molecule has 0 bridgehead atoms. The Morgan fingerprint density at radius 1 is 1.42 bits per heavy atom. The summed E-state index contributed by atoms with van der Waals surface area (Å²) in [6.45, 7) is 2.05. The van der Waals surface area contributed by atoms with Crippen LogP contribution in [0.2, 0.25) is 0 Å². The normalized spacial score (nSPS) is 17.9. The molecule has 0 spiro atoms. The van der Waals surface area contributed by atoms with Crippen LogP contribution >= 0.6 is 11.3 Å². The molecule has 1 saturated carbocycles. The minimum atomic E-state index is -0.652. The Kier molecular flexibility index (Phi) is 3.05. The molecule has 0 aliphatic heterocycles. The Morgan fingerprint density at radius 2 is 2.16 bits per heavy atom. The molecule has 1 aliphatic carbocycles. The first kappa shape index (κ1) is 12.6. The zero-order valence-electron chi connectivity index (χ0n) is 11.0. The lowest BCUT2D eigenvalue weighted by atomic mass is 9.83. The molecule has 0 amide bonds. The number of hydrogen-bond donors (Lipinski definition) is 1. The molecule has 19 heavy (non-hydrogen) atoms. The molecule has 0 atom stereocenters. The lowest BCUT2D eigenvalue weighted by molar-refractivity contribution is -0.148. The van der Waals surface area contributed by atoms with Gasteiger partial charge in [-0.15, -0.1) is 11.3 Å². The highest BCUT2D eigenvalue weighted by molar-refractivity contribution is 7.18. The molecule has 1 aliphatic rings. The zero-order chi connectivity index (χ0) is 13.5. The van der Waals surface area contributed by atoms with Gasteiger partial charge >= 0.3 is 5.97 Å². The standard InChI is InChI=1S/C15H17NO2S/c1-10-4-5-12-11(8-10)16-13(19-12)9-15(14(17)18)6-2-3-7-15/h4-5,8H,2-3,6-7,9H2,1H3,(H,17,18). The fourth-order valence-electron chi connectivity index (χ4n) is 2.97. The maximum absolute atomic E-state index is 11.6. The van der Waals surface area contributed by atoms with Gasteiger partial charge in [-0.1, -0.05) is 18.9 Å². The number of aryl methyl sites for hydroxylation is 1. The average Bonchev–Trinajstić information content (AvgIpc) is 2.96. The fourth-order valence-corrected chi connectivity index (χ4v) is 4.06. The van der Waals surface area contributed by atoms with E-state index in [9.17, 15) is 9.90 Å². The molecule has 3 nitrogen and oxygen atoms in total. The maximum atomic E-state index is 11.6. The van der Waals surface area contributed by atoms with E-state index in [0.29, 0.717) is 6.42 Å². The highest BCUT2D eigenvalue weighted by atomic mass is 32.1. The monoisotopic (exact) mass is 275 g/mol. The van der Waals surface area contributed by atoms with Crippen molar-refractivity contribution in [3.05, 3.63) is 28.8 Å². The van der Waals surface area contributed by atoms with Crippen molar-refractivity contribution in [3.63, 3.8) is 0 Å². The number of aromatic nitrogens is 1. The summed E-state index contributed by atoms with van der Waals surface area (Å²) < 4.78 is 1.15. The number of aliphatic carboxylic acids is 1. The van der Waals surface area contributed by atoms with Crippen molar-refractivity contribution in [2.24, 2.45) is 5.41 Å². The molecule has 0 unspecified atom stereocenters. The second-order valence-electron chi connectivity index (χ2n) is 5.55. The molecular weight excluding hydrogens is 258 g/mol. The van der Waals surface area contributed by atoms with Crippen LogP contribution in [-0.2, 0) is 11.2 Å². The SMILES string of the molecule is Cc1ccc2sc(CC3(C(=O)O)CCCC3)nc2c1. The van der Waals surface area contributed by atoms with Crippen molar-refractivity contribution in [2.45, 2.75) is 39.0 Å². The minimum absolute atomic E-state index is 0.567. The summed E-state index contributed by atoms with van der Waals surface area (Å²) >= 11 is 1.63. The van der Waals surface area contributed by atoms with E-state index in [-0.39, 0.29) is 0 Å². The Bertz CT molecular complexity index is 626. The summed E-state index contributed by atoms with van der Waals surface area (Å²) in [5, 5.41) is 10.5. The van der Waals surface area contributed by atoms with Crippen LogP contribution in [-0.4, -0.2) is 16.1 Å². The van der Waals surface area contributed by atoms with Gasteiger partial charge in [0.25, 0.3) is 0 Å². The van der Waals surface area contributed by atoms with E-state index in [4.69, 9.17) is 0 Å². The number of carboxylic acids is 1. The van der Waals surface area contributed by atoms with Crippen LogP contribution in [0, 0.1) is 12.3 Å². The summed E-state index contributed by atoms with van der Waals surface area (Å²) in [6, 6.07) is 6.22. The molecule has 1 N–H and O–H groups in total. The number of rotatable bonds is 3. The number of carbonyl (C=O) groups is 1. The van der Waals surface area contributed by atoms with E-state index in [1.807, 2.05) is 6.92 Å². The quantitative estimate of drug-likeness (QED) is 0.927. The van der Waals surface area contributed by atoms with Gasteiger partial charge in [0.15, 0.2) is 0 Å². The molecule has 1 aromatic heterocycles. The Labute approximate surface area is 116 Å². The molecule has 3 rings (SSSR count). The summed E-state index contributed by atoms with van der Waals surface area (Å²) in [7, 11) is 0. The molecule has 1 fully saturated rings. The molecule has 0 radical (unpaired) electrons. The smallest absolute Gasteiger partial charge is 0.310 e. The van der Waals surface area contributed by atoms with E-state index in [1.54, 1.807) is 11.3 Å². The topological polar surface area (TPSA) is 50.2 Å². The van der Waals surface area contributed by atoms with E-state index in [0.717, 1.165) is 40.9 Å². The van der Waals surface area contributed by atoms with Crippen LogP contribution < -0.4 is 0 Å². The first-order valence-corrected chi connectivity index (χ1v) is 7.50. The molecule has 0 saturated heterocycles. The molecule has 100 valence electrons. The summed E-state index contributed by atoms with van der Waals surface area (Å²) in [6.07, 6.45) is 4.21. The van der Waals surface area contributed by atoms with E-state index < -0.39 is 11.4 Å². The van der Waals surface area contributed by atoms with Crippen LogP contribution in [0.5, 0.6) is 0 Å². The van der Waals surface area contributed by atoms with E-state index in [2.05, 4.69) is 23.2 Å². The summed E-state index contributed by atoms with van der Waals surface area (Å²) in [5.41, 5.74) is 1.62. The van der Waals surface area contributed by atoms with Gasteiger partial charge in [-0.3, -0.25) is 4.79 Å². The van der Waals surface area contributed by atoms with Gasteiger partial charge in [0.05, 0.1) is 20.6 Å². The number of thiazole rings is 1. The summed E-state index contributed by atoms with van der Waals surface area (Å²) in [4.78, 5) is 16.2. The number of carboxylic acid groups (broad SMARTS) is 1. The first-order chi connectivity index (χ1) is 9.09. The van der Waals surface area contributed by atoms with Crippen molar-refractivity contribution in [2.75, 3.05) is 0 Å². The lowest BCUT2D eigenvalue weighted by Crippen LogP contribution is -2.30. The predicted molar refractivity (Wildman–Crippen MR) is 76.6 cm³/mol. The minimum Gasteiger partial charge on any atom is -0.481 e. The zero-order valence-corrected chi connectivity index (χ0v) is 11.8. The van der Waals surface area contributed by atoms with Gasteiger partial charge < -0.3 is 5.11 Å². The predicted octanol–water partition coefficient (Wildman–Crippen LogP) is 3.79. The highest BCUT2D eigenvalue weighted by Crippen LogP contribution is 2.42. The second-order valence-corrected chi connectivity index (χ2v) is 6.66. The maximum Gasteiger partial charge on any atom is 0.310 e.